The second-order valence-electron chi connectivity index (χ2n) is 3.99. The summed E-state index contributed by atoms with van der Waals surface area (Å²) in [7, 11) is 0. The highest BCUT2D eigenvalue weighted by Gasteiger charge is 2.05. The van der Waals surface area contributed by atoms with Crippen LogP contribution in [0.25, 0.3) is 10.4 Å². The molecule has 0 fully saturated rings. The van der Waals surface area contributed by atoms with Crippen molar-refractivity contribution in [3.8, 4) is 10.4 Å². The van der Waals surface area contributed by atoms with Crippen LogP contribution in [0.4, 0.5) is 5.69 Å². The Morgan fingerprint density at radius 3 is 2.72 bits per heavy atom. The van der Waals surface area contributed by atoms with E-state index in [2.05, 4.69) is 27.8 Å². The van der Waals surface area contributed by atoms with Crippen LogP contribution in [0.3, 0.4) is 0 Å². The van der Waals surface area contributed by atoms with Gasteiger partial charge in [0.15, 0.2) is 5.96 Å². The number of hydrogen-bond donors (Lipinski definition) is 2. The van der Waals surface area contributed by atoms with E-state index in [1.807, 2.05) is 23.6 Å². The van der Waals surface area contributed by atoms with Crippen LogP contribution in [0.2, 0.25) is 5.02 Å². The fraction of sp³-hybridized carbons (Fsp3) is 0.154. The molecule has 1 aromatic carbocycles. The molecule has 0 amide bonds. The molecule has 2 N–H and O–H groups in total. The SMILES string of the molecule is Clc1csc(-c2ccc(NC3=NCCN3)cc2)c1. The monoisotopic (exact) mass is 277 g/mol. The summed E-state index contributed by atoms with van der Waals surface area (Å²) in [6.07, 6.45) is 0. The standard InChI is InChI=1S/C13H12ClN3S/c14-10-7-12(18-8-10)9-1-3-11(4-2-9)17-13-15-5-6-16-13/h1-4,7-8H,5-6H2,(H2,15,16,17). The Morgan fingerprint density at radius 1 is 1.28 bits per heavy atom. The van der Waals surface area contributed by atoms with Gasteiger partial charge in [-0.15, -0.1) is 11.3 Å². The molecule has 1 aliphatic heterocycles. The normalized spacial score (nSPS) is 14.2. The molecule has 92 valence electrons. The first kappa shape index (κ1) is 11.6. The van der Waals surface area contributed by atoms with Crippen molar-refractivity contribution in [2.45, 2.75) is 0 Å². The predicted molar refractivity (Wildman–Crippen MR) is 78.7 cm³/mol. The Labute approximate surface area is 115 Å². The number of thiophene rings is 1. The van der Waals surface area contributed by atoms with Crippen LogP contribution in [0.5, 0.6) is 0 Å². The Bertz CT molecular complexity index is 574. The van der Waals surface area contributed by atoms with E-state index in [0.29, 0.717) is 0 Å². The Morgan fingerprint density at radius 2 is 2.11 bits per heavy atom. The minimum atomic E-state index is 0.793. The second kappa shape index (κ2) is 5.00. The fourth-order valence-electron chi connectivity index (χ4n) is 1.80. The molecule has 5 heteroatoms. The first-order valence-electron chi connectivity index (χ1n) is 5.71. The molecule has 3 nitrogen and oxygen atoms in total. The van der Waals surface area contributed by atoms with Gasteiger partial charge in [0.1, 0.15) is 0 Å². The van der Waals surface area contributed by atoms with Gasteiger partial charge < -0.3 is 10.6 Å². The zero-order chi connectivity index (χ0) is 12.4. The molecule has 2 aromatic rings. The summed E-state index contributed by atoms with van der Waals surface area (Å²) in [4.78, 5) is 5.48. The summed E-state index contributed by atoms with van der Waals surface area (Å²) < 4.78 is 0. The van der Waals surface area contributed by atoms with Gasteiger partial charge in [0.2, 0.25) is 0 Å². The van der Waals surface area contributed by atoms with Crippen LogP contribution in [0, 0.1) is 0 Å². The summed E-state index contributed by atoms with van der Waals surface area (Å²) in [6, 6.07) is 10.2. The molecule has 1 aromatic heterocycles. The van der Waals surface area contributed by atoms with Gasteiger partial charge in [0.05, 0.1) is 11.6 Å². The number of anilines is 1. The molecule has 2 heterocycles. The minimum absolute atomic E-state index is 0.793. The van der Waals surface area contributed by atoms with Crippen LogP contribution in [0.15, 0.2) is 40.7 Å². The van der Waals surface area contributed by atoms with Crippen LogP contribution in [-0.4, -0.2) is 19.0 Å². The van der Waals surface area contributed by atoms with Crippen LogP contribution < -0.4 is 10.6 Å². The molecule has 18 heavy (non-hydrogen) atoms. The number of benzene rings is 1. The van der Waals surface area contributed by atoms with Gasteiger partial charge in [-0.3, -0.25) is 4.99 Å². The van der Waals surface area contributed by atoms with Crippen LogP contribution in [-0.2, 0) is 0 Å². The molecule has 0 unspecified atom stereocenters. The maximum Gasteiger partial charge on any atom is 0.195 e. The predicted octanol–water partition coefficient (Wildman–Crippen LogP) is 3.44. The fourth-order valence-corrected chi connectivity index (χ4v) is 2.88. The molecule has 0 radical (unpaired) electrons. The molecule has 0 atom stereocenters. The van der Waals surface area contributed by atoms with Crippen molar-refractivity contribution in [1.82, 2.24) is 5.32 Å². The largest absolute Gasteiger partial charge is 0.354 e. The number of guanidine groups is 1. The first-order chi connectivity index (χ1) is 8.81. The van der Waals surface area contributed by atoms with Crippen molar-refractivity contribution in [2.24, 2.45) is 4.99 Å². The number of hydrogen-bond acceptors (Lipinski definition) is 4. The number of nitrogens with zero attached hydrogens (tertiary/aromatic N) is 1. The van der Waals surface area contributed by atoms with Crippen LogP contribution >= 0.6 is 22.9 Å². The number of aliphatic imine (C=N–C) groups is 1. The molecule has 3 rings (SSSR count). The lowest BCUT2D eigenvalue weighted by molar-refractivity contribution is 0.959. The van der Waals surface area contributed by atoms with E-state index in [1.54, 1.807) is 11.3 Å². The summed E-state index contributed by atoms with van der Waals surface area (Å²) in [6.45, 7) is 1.75. The lowest BCUT2D eigenvalue weighted by Gasteiger charge is -2.06. The van der Waals surface area contributed by atoms with E-state index in [9.17, 15) is 0 Å². The maximum absolute atomic E-state index is 5.93. The van der Waals surface area contributed by atoms with Gasteiger partial charge in [-0.1, -0.05) is 23.7 Å². The molecule has 0 aliphatic carbocycles. The van der Waals surface area contributed by atoms with E-state index >= 15 is 0 Å². The Hall–Kier alpha value is -1.52. The van der Waals surface area contributed by atoms with Gasteiger partial charge >= 0.3 is 0 Å². The van der Waals surface area contributed by atoms with Gasteiger partial charge in [0.25, 0.3) is 0 Å². The van der Waals surface area contributed by atoms with E-state index in [0.717, 1.165) is 29.8 Å². The molecular weight excluding hydrogens is 266 g/mol. The summed E-state index contributed by atoms with van der Waals surface area (Å²) >= 11 is 7.58. The quantitative estimate of drug-likeness (QED) is 0.882. The van der Waals surface area contributed by atoms with E-state index < -0.39 is 0 Å². The Balaban J connectivity index is 1.76. The second-order valence-corrected chi connectivity index (χ2v) is 5.34. The lowest BCUT2D eigenvalue weighted by atomic mass is 10.2. The van der Waals surface area contributed by atoms with Gasteiger partial charge in [-0.05, 0) is 23.8 Å². The molecule has 0 bridgehead atoms. The summed E-state index contributed by atoms with van der Waals surface area (Å²) in [5.41, 5.74) is 2.22. The van der Waals surface area contributed by atoms with Crippen molar-refractivity contribution >= 4 is 34.6 Å². The van der Waals surface area contributed by atoms with Crippen molar-refractivity contribution in [1.29, 1.82) is 0 Å². The third kappa shape index (κ3) is 2.49. The van der Waals surface area contributed by atoms with Gasteiger partial charge in [-0.25, -0.2) is 0 Å². The van der Waals surface area contributed by atoms with Crippen molar-refractivity contribution in [2.75, 3.05) is 18.4 Å². The Kier molecular flexibility index (Phi) is 3.21. The molecular formula is C13H12ClN3S. The minimum Gasteiger partial charge on any atom is -0.354 e. The summed E-state index contributed by atoms with van der Waals surface area (Å²) in [5, 5.41) is 9.16. The summed E-state index contributed by atoms with van der Waals surface area (Å²) in [5.74, 6) is 0.849. The van der Waals surface area contributed by atoms with Gasteiger partial charge in [-0.2, -0.15) is 0 Å². The topological polar surface area (TPSA) is 36.4 Å². The third-order valence-electron chi connectivity index (χ3n) is 2.67. The highest BCUT2D eigenvalue weighted by molar-refractivity contribution is 7.14. The van der Waals surface area contributed by atoms with Crippen molar-refractivity contribution in [3.63, 3.8) is 0 Å². The number of halogens is 1. The highest BCUT2D eigenvalue weighted by atomic mass is 35.5. The van der Waals surface area contributed by atoms with E-state index in [-0.39, 0.29) is 0 Å². The molecule has 0 saturated carbocycles. The number of rotatable bonds is 2. The van der Waals surface area contributed by atoms with E-state index in [1.165, 1.54) is 10.4 Å². The molecule has 0 saturated heterocycles. The lowest BCUT2D eigenvalue weighted by Crippen LogP contribution is -2.26. The maximum atomic E-state index is 5.93. The third-order valence-corrected chi connectivity index (χ3v) is 4.00. The molecule has 0 spiro atoms. The van der Waals surface area contributed by atoms with Gasteiger partial charge in [0, 0.05) is 22.5 Å². The average molecular weight is 278 g/mol. The first-order valence-corrected chi connectivity index (χ1v) is 6.97. The van der Waals surface area contributed by atoms with Crippen LogP contribution in [0.1, 0.15) is 0 Å². The highest BCUT2D eigenvalue weighted by Crippen LogP contribution is 2.30. The molecule has 1 aliphatic rings. The number of nitrogens with one attached hydrogen (secondary N) is 2. The van der Waals surface area contributed by atoms with E-state index in [4.69, 9.17) is 11.6 Å². The smallest absolute Gasteiger partial charge is 0.195 e. The average Bonchev–Trinajstić information content (AvgIpc) is 3.02. The van der Waals surface area contributed by atoms with Crippen molar-refractivity contribution in [3.05, 3.63) is 40.7 Å². The van der Waals surface area contributed by atoms with Crippen molar-refractivity contribution < 1.29 is 0 Å². The zero-order valence-corrected chi connectivity index (χ0v) is 11.2. The zero-order valence-electron chi connectivity index (χ0n) is 9.61.